The van der Waals surface area contributed by atoms with Crippen LogP contribution in [0.25, 0.3) is 0 Å². The van der Waals surface area contributed by atoms with Crippen molar-refractivity contribution >= 4 is 54.6 Å². The van der Waals surface area contributed by atoms with Gasteiger partial charge in [-0.25, -0.2) is 16.8 Å². The highest BCUT2D eigenvalue weighted by Gasteiger charge is 2.20. The summed E-state index contributed by atoms with van der Waals surface area (Å²) in [6.45, 7) is 2.36. The van der Waals surface area contributed by atoms with Crippen molar-refractivity contribution in [3.63, 3.8) is 0 Å². The third-order valence-electron chi connectivity index (χ3n) is 4.02. The van der Waals surface area contributed by atoms with Gasteiger partial charge >= 0.3 is 0 Å². The van der Waals surface area contributed by atoms with Crippen LogP contribution in [-0.2, 0) is 20.0 Å². The summed E-state index contributed by atoms with van der Waals surface area (Å²) < 4.78 is 60.5. The highest BCUT2D eigenvalue weighted by Crippen LogP contribution is 2.27. The van der Waals surface area contributed by atoms with Gasteiger partial charge in [0, 0.05) is 16.4 Å². The highest BCUT2D eigenvalue weighted by atomic mass is 35.5. The summed E-state index contributed by atoms with van der Waals surface area (Å²) in [6, 6.07) is 15.8. The van der Waals surface area contributed by atoms with Gasteiger partial charge < -0.3 is 4.74 Å². The zero-order valence-electron chi connectivity index (χ0n) is 16.2. The molecule has 3 rings (SSSR count). The zero-order valence-corrected chi connectivity index (χ0v) is 19.3. The van der Waals surface area contributed by atoms with Crippen LogP contribution in [-0.4, -0.2) is 23.4 Å². The molecule has 0 unspecified atom stereocenters. The van der Waals surface area contributed by atoms with Crippen molar-refractivity contribution in [3.05, 3.63) is 76.8 Å². The maximum atomic E-state index is 12.6. The van der Waals surface area contributed by atoms with E-state index in [1.54, 1.807) is 24.3 Å². The van der Waals surface area contributed by atoms with Gasteiger partial charge in [-0.1, -0.05) is 23.2 Å². The van der Waals surface area contributed by atoms with E-state index in [9.17, 15) is 16.8 Å². The predicted octanol–water partition coefficient (Wildman–Crippen LogP) is 4.99. The second-order valence-corrected chi connectivity index (χ2v) is 10.4. The first-order chi connectivity index (χ1) is 14.6. The number of rotatable bonds is 8. The van der Waals surface area contributed by atoms with Crippen molar-refractivity contribution in [2.24, 2.45) is 0 Å². The first kappa shape index (κ1) is 23.2. The van der Waals surface area contributed by atoms with E-state index in [0.29, 0.717) is 18.0 Å². The first-order valence-electron chi connectivity index (χ1n) is 8.94. The lowest BCUT2D eigenvalue weighted by molar-refractivity contribution is 0.340. The number of hydrogen-bond donors (Lipinski definition) is 2. The lowest BCUT2D eigenvalue weighted by atomic mass is 10.3. The van der Waals surface area contributed by atoms with Crippen molar-refractivity contribution in [2.75, 3.05) is 16.1 Å². The Morgan fingerprint density at radius 3 is 1.90 bits per heavy atom. The molecule has 0 saturated heterocycles. The Bertz CT molecular complexity index is 1280. The van der Waals surface area contributed by atoms with E-state index in [0.717, 1.165) is 0 Å². The minimum atomic E-state index is -4.02. The number of halogens is 2. The minimum absolute atomic E-state index is 0.00986. The molecule has 7 nitrogen and oxygen atoms in total. The fourth-order valence-corrected chi connectivity index (χ4v) is 5.48. The molecular weight excluding hydrogens is 483 g/mol. The summed E-state index contributed by atoms with van der Waals surface area (Å²) in [5.74, 6) is 0.627. The third kappa shape index (κ3) is 5.82. The average Bonchev–Trinajstić information content (AvgIpc) is 2.71. The molecule has 31 heavy (non-hydrogen) atoms. The van der Waals surface area contributed by atoms with Gasteiger partial charge in [-0.2, -0.15) is 0 Å². The molecule has 0 radical (unpaired) electrons. The van der Waals surface area contributed by atoms with Crippen LogP contribution in [0.1, 0.15) is 6.92 Å². The summed E-state index contributed by atoms with van der Waals surface area (Å²) in [7, 11) is -7.89. The molecule has 0 aliphatic rings. The van der Waals surface area contributed by atoms with Gasteiger partial charge in [0.15, 0.2) is 0 Å². The largest absolute Gasteiger partial charge is 0.494 e. The van der Waals surface area contributed by atoms with Gasteiger partial charge in [0.2, 0.25) is 0 Å². The Kier molecular flexibility index (Phi) is 7.00. The third-order valence-corrected chi connectivity index (χ3v) is 7.51. The van der Waals surface area contributed by atoms with Crippen LogP contribution in [0.2, 0.25) is 10.0 Å². The van der Waals surface area contributed by atoms with Crippen LogP contribution in [0.5, 0.6) is 5.75 Å². The van der Waals surface area contributed by atoms with Crippen LogP contribution in [0.15, 0.2) is 76.5 Å². The molecule has 0 heterocycles. The monoisotopic (exact) mass is 500 g/mol. The molecule has 0 atom stereocenters. The molecule has 0 amide bonds. The molecule has 0 fully saturated rings. The summed E-state index contributed by atoms with van der Waals surface area (Å²) in [5.41, 5.74) is 0.528. The molecule has 0 spiro atoms. The number of hydrogen-bond acceptors (Lipinski definition) is 5. The lowest BCUT2D eigenvalue weighted by Gasteiger charge is -2.12. The highest BCUT2D eigenvalue weighted by molar-refractivity contribution is 7.93. The first-order valence-corrected chi connectivity index (χ1v) is 12.7. The number of anilines is 2. The maximum Gasteiger partial charge on any atom is 0.263 e. The van der Waals surface area contributed by atoms with E-state index in [1.165, 1.54) is 42.5 Å². The maximum absolute atomic E-state index is 12.6. The predicted molar refractivity (Wildman–Crippen MR) is 122 cm³/mol. The van der Waals surface area contributed by atoms with E-state index in [4.69, 9.17) is 27.9 Å². The fourth-order valence-electron chi connectivity index (χ4n) is 2.60. The minimum Gasteiger partial charge on any atom is -0.494 e. The summed E-state index contributed by atoms with van der Waals surface area (Å²) in [4.78, 5) is -0.222. The van der Waals surface area contributed by atoms with Crippen molar-refractivity contribution in [1.82, 2.24) is 0 Å². The molecule has 0 saturated carbocycles. The van der Waals surface area contributed by atoms with Gasteiger partial charge in [-0.3, -0.25) is 9.44 Å². The summed E-state index contributed by atoms with van der Waals surface area (Å²) >= 11 is 11.8. The Morgan fingerprint density at radius 2 is 1.32 bits per heavy atom. The van der Waals surface area contributed by atoms with Crippen molar-refractivity contribution in [3.8, 4) is 5.75 Å². The second-order valence-electron chi connectivity index (χ2n) is 6.27. The normalized spacial score (nSPS) is 11.7. The molecule has 164 valence electrons. The van der Waals surface area contributed by atoms with Crippen molar-refractivity contribution in [2.45, 2.75) is 16.7 Å². The number of benzene rings is 3. The molecule has 0 aliphatic carbocycles. The zero-order chi connectivity index (χ0) is 22.6. The molecule has 0 aliphatic heterocycles. The van der Waals surface area contributed by atoms with Gasteiger partial charge in [-0.05, 0) is 73.7 Å². The standard InChI is InChI=1S/C20H18Cl2N2O5S2/c1-2-29-17-8-4-15(5-9-17)23-30(25,26)18-10-6-16(7-11-18)24-31(27,28)20-13-14(21)3-12-19(20)22/h3-13,23-24H,2H2,1H3. The van der Waals surface area contributed by atoms with Crippen LogP contribution in [0.3, 0.4) is 0 Å². The number of ether oxygens (including phenoxy) is 1. The fraction of sp³-hybridized carbons (Fsp3) is 0.100. The van der Waals surface area contributed by atoms with Gasteiger partial charge in [-0.15, -0.1) is 0 Å². The van der Waals surface area contributed by atoms with E-state index < -0.39 is 20.0 Å². The van der Waals surface area contributed by atoms with Crippen molar-refractivity contribution < 1.29 is 21.6 Å². The Balaban J connectivity index is 1.76. The quantitative estimate of drug-likeness (QED) is 0.453. The number of nitrogens with one attached hydrogen (secondary N) is 2. The average molecular weight is 501 g/mol. The number of sulfonamides is 2. The van der Waals surface area contributed by atoms with E-state index >= 15 is 0 Å². The molecule has 3 aromatic rings. The van der Waals surface area contributed by atoms with Crippen molar-refractivity contribution in [1.29, 1.82) is 0 Å². The van der Waals surface area contributed by atoms with Gasteiger partial charge in [0.25, 0.3) is 20.0 Å². The van der Waals surface area contributed by atoms with Crippen LogP contribution < -0.4 is 14.2 Å². The lowest BCUT2D eigenvalue weighted by Crippen LogP contribution is -2.15. The molecule has 0 aromatic heterocycles. The van der Waals surface area contributed by atoms with E-state index in [-0.39, 0.29) is 25.5 Å². The van der Waals surface area contributed by atoms with Crippen LogP contribution >= 0.6 is 23.2 Å². The second kappa shape index (κ2) is 9.35. The Labute approximate surface area is 191 Å². The molecule has 2 N–H and O–H groups in total. The van der Waals surface area contributed by atoms with Crippen LogP contribution in [0, 0.1) is 0 Å². The topological polar surface area (TPSA) is 102 Å². The smallest absolute Gasteiger partial charge is 0.263 e. The SMILES string of the molecule is CCOc1ccc(NS(=O)(=O)c2ccc(NS(=O)(=O)c3cc(Cl)ccc3Cl)cc2)cc1. The van der Waals surface area contributed by atoms with E-state index in [2.05, 4.69) is 9.44 Å². The van der Waals surface area contributed by atoms with E-state index in [1.807, 2.05) is 6.92 Å². The Morgan fingerprint density at radius 1 is 0.774 bits per heavy atom. The molecule has 11 heteroatoms. The molecule has 0 bridgehead atoms. The summed E-state index contributed by atoms with van der Waals surface area (Å²) in [5, 5.41) is 0.224. The van der Waals surface area contributed by atoms with Gasteiger partial charge in [0.1, 0.15) is 10.6 Å². The summed E-state index contributed by atoms with van der Waals surface area (Å²) in [6.07, 6.45) is 0. The van der Waals surface area contributed by atoms with Crippen LogP contribution in [0.4, 0.5) is 11.4 Å². The molecule has 3 aromatic carbocycles. The molecular formula is C20H18Cl2N2O5S2. The van der Waals surface area contributed by atoms with Gasteiger partial charge in [0.05, 0.1) is 16.5 Å². The Hall–Kier alpha value is -2.46.